The highest BCUT2D eigenvalue weighted by Gasteiger charge is 2.20. The molecule has 8 heteroatoms. The van der Waals surface area contributed by atoms with Gasteiger partial charge in [-0.3, -0.25) is 9.89 Å². The van der Waals surface area contributed by atoms with Gasteiger partial charge in [0, 0.05) is 23.2 Å². The van der Waals surface area contributed by atoms with Crippen LogP contribution in [0.25, 0.3) is 11.0 Å². The fourth-order valence-corrected chi connectivity index (χ4v) is 3.89. The maximum absolute atomic E-state index is 12.8. The molecule has 154 valence electrons. The molecule has 0 aliphatic heterocycles. The van der Waals surface area contributed by atoms with Crippen LogP contribution in [-0.2, 0) is 5.75 Å². The first-order valence-electron chi connectivity index (χ1n) is 9.67. The molecule has 2 aromatic carbocycles. The van der Waals surface area contributed by atoms with Crippen LogP contribution < -0.4 is 10.1 Å². The lowest BCUT2D eigenvalue weighted by Crippen LogP contribution is -2.26. The van der Waals surface area contributed by atoms with Gasteiger partial charge in [-0.1, -0.05) is 42.1 Å². The molecule has 0 aliphatic carbocycles. The summed E-state index contributed by atoms with van der Waals surface area (Å²) in [6.45, 7) is 3.05. The summed E-state index contributed by atoms with van der Waals surface area (Å²) in [6, 6.07) is 15.6. The Labute approximate surface area is 178 Å². The van der Waals surface area contributed by atoms with Crippen molar-refractivity contribution >= 4 is 28.6 Å². The molecular weight excluding hydrogens is 400 g/mol. The Morgan fingerprint density at radius 2 is 2.13 bits per heavy atom. The summed E-state index contributed by atoms with van der Waals surface area (Å²) in [6.07, 6.45) is 2.16. The van der Waals surface area contributed by atoms with Crippen molar-refractivity contribution in [3.05, 3.63) is 71.7 Å². The summed E-state index contributed by atoms with van der Waals surface area (Å²) >= 11 is 1.47. The van der Waals surface area contributed by atoms with E-state index in [1.54, 1.807) is 0 Å². The highest BCUT2D eigenvalue weighted by molar-refractivity contribution is 7.98. The fraction of sp³-hybridized carbons (Fsp3) is 0.227. The molecule has 0 spiro atoms. The van der Waals surface area contributed by atoms with E-state index in [0.717, 1.165) is 22.3 Å². The number of nitrogens with one attached hydrogen (secondary N) is 2. The zero-order valence-electron chi connectivity index (χ0n) is 16.6. The zero-order valence-corrected chi connectivity index (χ0v) is 17.4. The molecule has 0 radical (unpaired) electrons. The van der Waals surface area contributed by atoms with Gasteiger partial charge in [0.2, 0.25) is 0 Å². The van der Waals surface area contributed by atoms with E-state index in [1.807, 2.05) is 55.5 Å². The van der Waals surface area contributed by atoms with E-state index in [0.29, 0.717) is 41.8 Å². The van der Waals surface area contributed by atoms with Gasteiger partial charge in [0.05, 0.1) is 6.61 Å². The molecule has 30 heavy (non-hydrogen) atoms. The number of amides is 1. The number of fused-ring (bicyclic) bond motifs is 1. The number of ether oxygens (including phenoxy) is 1. The number of benzene rings is 2. The molecule has 2 heterocycles. The van der Waals surface area contributed by atoms with Gasteiger partial charge in [-0.15, -0.1) is 0 Å². The molecule has 0 fully saturated rings. The number of carbonyl (C=O) groups is 1. The van der Waals surface area contributed by atoms with Crippen molar-refractivity contribution in [3.8, 4) is 5.75 Å². The zero-order chi connectivity index (χ0) is 20.8. The van der Waals surface area contributed by atoms with E-state index < -0.39 is 0 Å². The van der Waals surface area contributed by atoms with Crippen LogP contribution in [0.1, 0.15) is 28.1 Å². The van der Waals surface area contributed by atoms with Crippen molar-refractivity contribution in [1.29, 1.82) is 0 Å². The van der Waals surface area contributed by atoms with Crippen molar-refractivity contribution in [2.45, 2.75) is 24.3 Å². The Hall–Kier alpha value is -3.26. The number of thioether (sulfide) groups is 1. The number of furan rings is 1. The molecule has 0 saturated heterocycles. The van der Waals surface area contributed by atoms with Gasteiger partial charge in [0.1, 0.15) is 17.7 Å². The van der Waals surface area contributed by atoms with Crippen LogP contribution in [0.5, 0.6) is 5.75 Å². The Kier molecular flexibility index (Phi) is 6.34. The molecular formula is C22H22N4O3S. The largest absolute Gasteiger partial charge is 0.494 e. The maximum atomic E-state index is 12.8. The standard InChI is InChI=1S/C22H22N4O3S/c1-15-6-4-7-16(12-15)28-11-5-10-23-21(27)20-18(13-30-22-24-14-25-26-22)17-8-2-3-9-19(17)29-20/h2-4,6-9,12,14H,5,10-11,13H2,1H3,(H,23,27)(H,24,25,26). The van der Waals surface area contributed by atoms with Crippen LogP contribution in [0.3, 0.4) is 0 Å². The van der Waals surface area contributed by atoms with E-state index in [9.17, 15) is 4.79 Å². The number of H-pyrrole nitrogens is 1. The van der Waals surface area contributed by atoms with Crippen LogP contribution in [0.15, 0.2) is 64.4 Å². The third kappa shape index (κ3) is 4.83. The smallest absolute Gasteiger partial charge is 0.287 e. The van der Waals surface area contributed by atoms with Gasteiger partial charge in [-0.2, -0.15) is 5.10 Å². The Balaban J connectivity index is 1.36. The number of aryl methyl sites for hydroxylation is 1. The number of aromatic nitrogens is 3. The minimum Gasteiger partial charge on any atom is -0.494 e. The number of hydrogen-bond acceptors (Lipinski definition) is 6. The minimum atomic E-state index is -0.227. The second-order valence-corrected chi connectivity index (χ2v) is 7.72. The quantitative estimate of drug-likeness (QED) is 0.308. The van der Waals surface area contributed by atoms with Crippen LogP contribution >= 0.6 is 11.8 Å². The fourth-order valence-electron chi connectivity index (χ4n) is 3.08. The molecule has 0 atom stereocenters. The summed E-state index contributed by atoms with van der Waals surface area (Å²) in [5.74, 6) is 1.49. The Morgan fingerprint density at radius 3 is 2.97 bits per heavy atom. The van der Waals surface area contributed by atoms with Crippen molar-refractivity contribution in [2.24, 2.45) is 0 Å². The Bertz CT molecular complexity index is 1120. The van der Waals surface area contributed by atoms with Crippen molar-refractivity contribution in [1.82, 2.24) is 20.5 Å². The molecule has 4 rings (SSSR count). The third-order valence-electron chi connectivity index (χ3n) is 4.52. The molecule has 0 saturated carbocycles. The third-order valence-corrected chi connectivity index (χ3v) is 5.42. The molecule has 0 unspecified atom stereocenters. The lowest BCUT2D eigenvalue weighted by atomic mass is 10.1. The molecule has 2 aromatic heterocycles. The summed E-state index contributed by atoms with van der Waals surface area (Å²) in [4.78, 5) is 16.9. The molecule has 2 N–H and O–H groups in total. The van der Waals surface area contributed by atoms with E-state index in [1.165, 1.54) is 18.1 Å². The second-order valence-electron chi connectivity index (χ2n) is 6.76. The molecule has 7 nitrogen and oxygen atoms in total. The summed E-state index contributed by atoms with van der Waals surface area (Å²) in [5.41, 5.74) is 2.69. The number of para-hydroxylation sites is 1. The topological polar surface area (TPSA) is 93.0 Å². The first kappa shape index (κ1) is 20.0. The molecule has 0 bridgehead atoms. The van der Waals surface area contributed by atoms with Crippen molar-refractivity contribution in [3.63, 3.8) is 0 Å². The van der Waals surface area contributed by atoms with E-state index >= 15 is 0 Å². The number of aromatic amines is 1. The molecule has 4 aromatic rings. The molecule has 1 amide bonds. The lowest BCUT2D eigenvalue weighted by molar-refractivity contribution is 0.0925. The van der Waals surface area contributed by atoms with Crippen molar-refractivity contribution < 1.29 is 13.9 Å². The number of rotatable bonds is 9. The van der Waals surface area contributed by atoms with Crippen LogP contribution in [0.2, 0.25) is 0 Å². The summed E-state index contributed by atoms with van der Waals surface area (Å²) in [5, 5.41) is 11.2. The van der Waals surface area contributed by atoms with Crippen LogP contribution in [0, 0.1) is 6.92 Å². The second kappa shape index (κ2) is 9.49. The number of nitrogens with zero attached hydrogens (tertiary/aromatic N) is 2. The monoisotopic (exact) mass is 422 g/mol. The van der Waals surface area contributed by atoms with Gasteiger partial charge < -0.3 is 14.5 Å². The number of hydrogen-bond donors (Lipinski definition) is 2. The van der Waals surface area contributed by atoms with Crippen LogP contribution in [0.4, 0.5) is 0 Å². The summed E-state index contributed by atoms with van der Waals surface area (Å²) in [7, 11) is 0. The van der Waals surface area contributed by atoms with E-state index in [4.69, 9.17) is 9.15 Å². The lowest BCUT2D eigenvalue weighted by Gasteiger charge is -2.08. The average Bonchev–Trinajstić information content (AvgIpc) is 3.39. The Morgan fingerprint density at radius 1 is 1.23 bits per heavy atom. The predicted octanol–water partition coefficient (Wildman–Crippen LogP) is 4.35. The van der Waals surface area contributed by atoms with Gasteiger partial charge in [0.25, 0.3) is 5.91 Å². The number of carbonyl (C=O) groups excluding carboxylic acids is 1. The van der Waals surface area contributed by atoms with Crippen molar-refractivity contribution in [2.75, 3.05) is 13.2 Å². The maximum Gasteiger partial charge on any atom is 0.287 e. The van der Waals surface area contributed by atoms with E-state index in [2.05, 4.69) is 20.5 Å². The highest BCUT2D eigenvalue weighted by Crippen LogP contribution is 2.30. The van der Waals surface area contributed by atoms with Gasteiger partial charge in [-0.25, -0.2) is 4.98 Å². The van der Waals surface area contributed by atoms with Gasteiger partial charge in [-0.05, 0) is 37.1 Å². The highest BCUT2D eigenvalue weighted by atomic mass is 32.2. The summed E-state index contributed by atoms with van der Waals surface area (Å²) < 4.78 is 11.6. The SMILES string of the molecule is Cc1cccc(OCCCNC(=O)c2oc3ccccc3c2CSc2ncn[nH]2)c1. The van der Waals surface area contributed by atoms with Gasteiger partial charge in [0.15, 0.2) is 10.9 Å². The van der Waals surface area contributed by atoms with Gasteiger partial charge >= 0.3 is 0 Å². The molecule has 0 aliphatic rings. The average molecular weight is 423 g/mol. The minimum absolute atomic E-state index is 0.227. The first-order chi connectivity index (χ1) is 14.7. The van der Waals surface area contributed by atoms with Crippen LogP contribution in [-0.4, -0.2) is 34.2 Å². The van der Waals surface area contributed by atoms with E-state index in [-0.39, 0.29) is 5.91 Å². The predicted molar refractivity (Wildman–Crippen MR) is 116 cm³/mol. The first-order valence-corrected chi connectivity index (χ1v) is 10.7. The normalized spacial score (nSPS) is 11.0.